The fraction of sp³-hybridized carbons (Fsp3) is 0.500. The van der Waals surface area contributed by atoms with Crippen molar-refractivity contribution in [3.05, 3.63) is 35.1 Å². The highest BCUT2D eigenvalue weighted by atomic mass is 19.2. The van der Waals surface area contributed by atoms with Crippen LogP contribution in [-0.2, 0) is 0 Å². The number of hydrogen-bond donors (Lipinski definition) is 2. The second kappa shape index (κ2) is 8.03. The number of rotatable bonds is 4. The molecule has 0 radical (unpaired) electrons. The molecule has 0 bridgehead atoms. The lowest BCUT2D eigenvalue weighted by Gasteiger charge is -2.32. The second-order valence-electron chi connectivity index (χ2n) is 5.69. The third kappa shape index (κ3) is 4.18. The van der Waals surface area contributed by atoms with Gasteiger partial charge in [0.2, 0.25) is 0 Å². The topological polar surface area (TPSA) is 61.4 Å². The molecule has 1 heterocycles. The molecule has 132 valence electrons. The zero-order chi connectivity index (χ0) is 17.7. The van der Waals surface area contributed by atoms with Crippen LogP contribution in [0.25, 0.3) is 0 Å². The van der Waals surface area contributed by atoms with Gasteiger partial charge in [-0.25, -0.2) is 18.0 Å². The zero-order valence-corrected chi connectivity index (χ0v) is 13.4. The van der Waals surface area contributed by atoms with E-state index in [9.17, 15) is 22.8 Å². The van der Waals surface area contributed by atoms with Crippen LogP contribution in [0.15, 0.2) is 12.1 Å². The van der Waals surface area contributed by atoms with Gasteiger partial charge in [-0.15, -0.1) is 0 Å². The van der Waals surface area contributed by atoms with E-state index in [4.69, 9.17) is 0 Å². The predicted octanol–water partition coefficient (Wildman–Crippen LogP) is 2.42. The smallest absolute Gasteiger partial charge is 0.315 e. The molecule has 24 heavy (non-hydrogen) atoms. The SMILES string of the molecule is CCCNC(=O)NC1CCN(C(=O)c2ccc(F)c(F)c2F)CC1. The maximum atomic E-state index is 13.7. The number of hydrogen-bond acceptors (Lipinski definition) is 2. The molecule has 1 aromatic carbocycles. The summed E-state index contributed by atoms with van der Waals surface area (Å²) < 4.78 is 39.9. The summed E-state index contributed by atoms with van der Waals surface area (Å²) in [5, 5.41) is 5.51. The van der Waals surface area contributed by atoms with Crippen LogP contribution in [-0.4, -0.2) is 42.5 Å². The van der Waals surface area contributed by atoms with Crippen LogP contribution in [0.5, 0.6) is 0 Å². The third-order valence-electron chi connectivity index (χ3n) is 3.92. The van der Waals surface area contributed by atoms with E-state index in [1.54, 1.807) is 0 Å². The first kappa shape index (κ1) is 18.1. The highest BCUT2D eigenvalue weighted by molar-refractivity contribution is 5.94. The van der Waals surface area contributed by atoms with E-state index in [0.29, 0.717) is 32.5 Å². The van der Waals surface area contributed by atoms with E-state index in [2.05, 4.69) is 10.6 Å². The summed E-state index contributed by atoms with van der Waals surface area (Å²) in [7, 11) is 0. The first-order chi connectivity index (χ1) is 11.4. The molecular formula is C16H20F3N3O2. The van der Waals surface area contributed by atoms with Crippen molar-refractivity contribution < 1.29 is 22.8 Å². The van der Waals surface area contributed by atoms with E-state index in [-0.39, 0.29) is 12.1 Å². The first-order valence-corrected chi connectivity index (χ1v) is 7.91. The van der Waals surface area contributed by atoms with Gasteiger partial charge in [0.25, 0.3) is 5.91 Å². The number of carbonyl (C=O) groups is 2. The molecule has 8 heteroatoms. The number of carbonyl (C=O) groups excluding carboxylic acids is 2. The minimum atomic E-state index is -1.65. The molecule has 3 amide bonds. The van der Waals surface area contributed by atoms with Crippen molar-refractivity contribution in [1.29, 1.82) is 0 Å². The van der Waals surface area contributed by atoms with Crippen molar-refractivity contribution in [3.8, 4) is 0 Å². The summed E-state index contributed by atoms with van der Waals surface area (Å²) in [6.45, 7) is 3.13. The number of benzene rings is 1. The number of urea groups is 1. The van der Waals surface area contributed by atoms with E-state index in [0.717, 1.165) is 18.6 Å². The van der Waals surface area contributed by atoms with Crippen LogP contribution < -0.4 is 10.6 Å². The van der Waals surface area contributed by atoms with Gasteiger partial charge >= 0.3 is 6.03 Å². The minimum Gasteiger partial charge on any atom is -0.338 e. The molecule has 1 aromatic rings. The molecule has 5 nitrogen and oxygen atoms in total. The molecular weight excluding hydrogens is 323 g/mol. The van der Waals surface area contributed by atoms with Crippen LogP contribution in [0.1, 0.15) is 36.5 Å². The Morgan fingerprint density at radius 3 is 2.46 bits per heavy atom. The summed E-state index contributed by atoms with van der Waals surface area (Å²) in [4.78, 5) is 25.2. The molecule has 0 spiro atoms. The highest BCUT2D eigenvalue weighted by Crippen LogP contribution is 2.19. The van der Waals surface area contributed by atoms with E-state index >= 15 is 0 Å². The van der Waals surface area contributed by atoms with Gasteiger partial charge < -0.3 is 15.5 Å². The molecule has 0 aromatic heterocycles. The Morgan fingerprint density at radius 2 is 1.83 bits per heavy atom. The number of nitrogens with one attached hydrogen (secondary N) is 2. The van der Waals surface area contributed by atoms with Crippen molar-refractivity contribution in [3.63, 3.8) is 0 Å². The quantitative estimate of drug-likeness (QED) is 0.825. The zero-order valence-electron chi connectivity index (χ0n) is 13.4. The van der Waals surface area contributed by atoms with Gasteiger partial charge in [0, 0.05) is 25.7 Å². The second-order valence-corrected chi connectivity index (χ2v) is 5.69. The summed E-state index contributed by atoms with van der Waals surface area (Å²) in [6, 6.07) is 1.34. The van der Waals surface area contributed by atoms with Gasteiger partial charge in [-0.2, -0.15) is 0 Å². The van der Waals surface area contributed by atoms with E-state index < -0.39 is 28.9 Å². The third-order valence-corrected chi connectivity index (χ3v) is 3.92. The molecule has 0 aliphatic carbocycles. The molecule has 2 rings (SSSR count). The Balaban J connectivity index is 1.91. The van der Waals surface area contributed by atoms with Gasteiger partial charge in [0.1, 0.15) is 0 Å². The van der Waals surface area contributed by atoms with Gasteiger partial charge in [-0.1, -0.05) is 6.92 Å². The fourth-order valence-corrected chi connectivity index (χ4v) is 2.56. The Kier molecular flexibility index (Phi) is 6.05. The lowest BCUT2D eigenvalue weighted by Crippen LogP contribution is -2.49. The Morgan fingerprint density at radius 1 is 1.17 bits per heavy atom. The minimum absolute atomic E-state index is 0.0827. The number of piperidine rings is 1. The molecule has 0 atom stereocenters. The summed E-state index contributed by atoms with van der Waals surface area (Å²) in [5.41, 5.74) is -0.485. The lowest BCUT2D eigenvalue weighted by atomic mass is 10.0. The highest BCUT2D eigenvalue weighted by Gasteiger charge is 2.27. The van der Waals surface area contributed by atoms with Crippen molar-refractivity contribution in [2.45, 2.75) is 32.2 Å². The molecule has 1 aliphatic rings. The molecule has 1 aliphatic heterocycles. The Hall–Kier alpha value is -2.25. The predicted molar refractivity (Wildman–Crippen MR) is 82.1 cm³/mol. The van der Waals surface area contributed by atoms with Gasteiger partial charge in [0.15, 0.2) is 17.5 Å². The molecule has 1 fully saturated rings. The lowest BCUT2D eigenvalue weighted by molar-refractivity contribution is 0.0702. The number of likely N-dealkylation sites (tertiary alicyclic amines) is 1. The van der Waals surface area contributed by atoms with Gasteiger partial charge in [0.05, 0.1) is 5.56 Å². The van der Waals surface area contributed by atoms with E-state index in [1.807, 2.05) is 6.92 Å². The maximum Gasteiger partial charge on any atom is 0.315 e. The molecule has 0 saturated carbocycles. The van der Waals surface area contributed by atoms with Crippen LogP contribution in [0.4, 0.5) is 18.0 Å². The van der Waals surface area contributed by atoms with Crippen molar-refractivity contribution in [2.24, 2.45) is 0 Å². The average Bonchev–Trinajstić information content (AvgIpc) is 2.58. The Labute approximate surface area is 138 Å². The summed E-state index contributed by atoms with van der Waals surface area (Å²) in [5.74, 6) is -5.13. The molecule has 2 N–H and O–H groups in total. The molecule has 1 saturated heterocycles. The number of nitrogens with zero attached hydrogens (tertiary/aromatic N) is 1. The maximum absolute atomic E-state index is 13.7. The van der Waals surface area contributed by atoms with Crippen LogP contribution in [0.2, 0.25) is 0 Å². The average molecular weight is 343 g/mol. The van der Waals surface area contributed by atoms with Crippen molar-refractivity contribution in [2.75, 3.05) is 19.6 Å². The number of amides is 3. The molecule has 0 unspecified atom stereocenters. The van der Waals surface area contributed by atoms with Crippen molar-refractivity contribution in [1.82, 2.24) is 15.5 Å². The van der Waals surface area contributed by atoms with E-state index in [1.165, 1.54) is 4.90 Å². The van der Waals surface area contributed by atoms with Crippen LogP contribution in [0, 0.1) is 17.5 Å². The monoisotopic (exact) mass is 343 g/mol. The normalized spacial score (nSPS) is 15.2. The van der Waals surface area contributed by atoms with Crippen LogP contribution >= 0.6 is 0 Å². The Bertz CT molecular complexity index is 617. The summed E-state index contributed by atoms with van der Waals surface area (Å²) in [6.07, 6.45) is 1.85. The summed E-state index contributed by atoms with van der Waals surface area (Å²) >= 11 is 0. The van der Waals surface area contributed by atoms with Crippen molar-refractivity contribution >= 4 is 11.9 Å². The first-order valence-electron chi connectivity index (χ1n) is 7.91. The standard InChI is InChI=1S/C16H20F3N3O2/c1-2-7-20-16(24)21-10-5-8-22(9-6-10)15(23)11-3-4-12(17)14(19)13(11)18/h3-4,10H,2,5-9H2,1H3,(H2,20,21,24). The number of halogens is 3. The van der Waals surface area contributed by atoms with Gasteiger partial charge in [-0.3, -0.25) is 4.79 Å². The fourth-order valence-electron chi connectivity index (χ4n) is 2.56. The van der Waals surface area contributed by atoms with Gasteiger partial charge in [-0.05, 0) is 31.4 Å². The largest absolute Gasteiger partial charge is 0.338 e. The van der Waals surface area contributed by atoms with Crippen LogP contribution in [0.3, 0.4) is 0 Å².